The SMILES string of the molecule is CN(CC1(O)CNCCN(C(=O)OC(C)(C)C)C1)C1CCCCC1. The number of amides is 1. The van der Waals surface area contributed by atoms with Gasteiger partial charge in [0.05, 0.1) is 6.54 Å². The maximum Gasteiger partial charge on any atom is 0.410 e. The van der Waals surface area contributed by atoms with Gasteiger partial charge in [-0.05, 0) is 40.7 Å². The van der Waals surface area contributed by atoms with E-state index in [1.165, 1.54) is 32.1 Å². The van der Waals surface area contributed by atoms with Gasteiger partial charge in [0.1, 0.15) is 11.2 Å². The van der Waals surface area contributed by atoms with Crippen LogP contribution in [0.15, 0.2) is 0 Å². The van der Waals surface area contributed by atoms with Gasteiger partial charge in [0.15, 0.2) is 0 Å². The standard InChI is InChI=1S/C18H35N3O3/c1-17(2,3)24-16(22)21-11-10-19-12-18(23,14-21)13-20(4)15-8-6-5-7-9-15/h15,19,23H,5-14H2,1-4H3. The third-order valence-corrected chi connectivity index (χ3v) is 4.89. The Labute approximate surface area is 146 Å². The van der Waals surface area contributed by atoms with Gasteiger partial charge in [-0.3, -0.25) is 0 Å². The number of hydrogen-bond donors (Lipinski definition) is 2. The van der Waals surface area contributed by atoms with Gasteiger partial charge in [-0.15, -0.1) is 0 Å². The van der Waals surface area contributed by atoms with Gasteiger partial charge in [-0.1, -0.05) is 19.3 Å². The number of β-amino-alcohol motifs (C(OH)–C–C–N with tert-alkyl or cyclic N) is 1. The molecule has 140 valence electrons. The number of aliphatic hydroxyl groups is 1. The third-order valence-electron chi connectivity index (χ3n) is 4.89. The van der Waals surface area contributed by atoms with E-state index >= 15 is 0 Å². The summed E-state index contributed by atoms with van der Waals surface area (Å²) in [5.41, 5.74) is -1.46. The lowest BCUT2D eigenvalue weighted by Crippen LogP contribution is -2.56. The molecule has 0 radical (unpaired) electrons. The molecule has 2 rings (SSSR count). The Morgan fingerprint density at radius 2 is 2.00 bits per heavy atom. The summed E-state index contributed by atoms with van der Waals surface area (Å²) in [6, 6.07) is 0.543. The first kappa shape index (κ1) is 19.5. The van der Waals surface area contributed by atoms with Crippen molar-refractivity contribution in [2.45, 2.75) is 70.1 Å². The van der Waals surface area contributed by atoms with E-state index in [0.717, 1.165) is 0 Å². The second-order valence-corrected chi connectivity index (χ2v) is 8.51. The zero-order chi connectivity index (χ0) is 17.8. The fraction of sp³-hybridized carbons (Fsp3) is 0.944. The van der Waals surface area contributed by atoms with Crippen molar-refractivity contribution in [2.75, 3.05) is 39.8 Å². The zero-order valence-corrected chi connectivity index (χ0v) is 15.8. The Morgan fingerprint density at radius 1 is 1.33 bits per heavy atom. The Bertz CT molecular complexity index is 418. The van der Waals surface area contributed by atoms with Crippen LogP contribution in [0.1, 0.15) is 52.9 Å². The van der Waals surface area contributed by atoms with Crippen LogP contribution in [0.4, 0.5) is 4.79 Å². The Morgan fingerprint density at radius 3 is 2.62 bits per heavy atom. The molecule has 1 saturated carbocycles. The molecule has 6 nitrogen and oxygen atoms in total. The van der Waals surface area contributed by atoms with Crippen LogP contribution in [0.2, 0.25) is 0 Å². The van der Waals surface area contributed by atoms with Crippen LogP contribution in [-0.4, -0.2) is 78.0 Å². The minimum absolute atomic E-state index is 0.311. The quantitative estimate of drug-likeness (QED) is 0.820. The van der Waals surface area contributed by atoms with Gasteiger partial charge >= 0.3 is 6.09 Å². The van der Waals surface area contributed by atoms with E-state index in [9.17, 15) is 9.90 Å². The van der Waals surface area contributed by atoms with Crippen molar-refractivity contribution >= 4 is 6.09 Å². The van der Waals surface area contributed by atoms with Crippen LogP contribution in [-0.2, 0) is 4.74 Å². The molecule has 0 aromatic rings. The van der Waals surface area contributed by atoms with Gasteiger partial charge in [-0.2, -0.15) is 0 Å². The van der Waals surface area contributed by atoms with E-state index in [-0.39, 0.29) is 6.09 Å². The van der Waals surface area contributed by atoms with E-state index in [0.29, 0.717) is 38.8 Å². The largest absolute Gasteiger partial charge is 0.444 e. The molecule has 1 unspecified atom stereocenters. The fourth-order valence-corrected chi connectivity index (χ4v) is 3.73. The van der Waals surface area contributed by atoms with E-state index in [4.69, 9.17) is 4.74 Å². The maximum atomic E-state index is 12.4. The highest BCUT2D eigenvalue weighted by atomic mass is 16.6. The Kier molecular flexibility index (Phi) is 6.51. The summed E-state index contributed by atoms with van der Waals surface area (Å²) in [6.45, 7) is 8.22. The van der Waals surface area contributed by atoms with Gasteiger partial charge < -0.3 is 25.0 Å². The van der Waals surface area contributed by atoms with Crippen molar-refractivity contribution in [3.63, 3.8) is 0 Å². The number of carbonyl (C=O) groups is 1. The van der Waals surface area contributed by atoms with Crippen LogP contribution < -0.4 is 5.32 Å². The van der Waals surface area contributed by atoms with Crippen LogP contribution in [0.3, 0.4) is 0 Å². The first-order chi connectivity index (χ1) is 11.2. The van der Waals surface area contributed by atoms with Crippen LogP contribution in [0.5, 0.6) is 0 Å². The summed E-state index contributed by atoms with van der Waals surface area (Å²) in [4.78, 5) is 16.3. The number of rotatable bonds is 3. The van der Waals surface area contributed by atoms with Crippen molar-refractivity contribution < 1.29 is 14.6 Å². The van der Waals surface area contributed by atoms with Gasteiger partial charge in [-0.25, -0.2) is 4.79 Å². The molecule has 6 heteroatoms. The predicted octanol–water partition coefficient (Wildman–Crippen LogP) is 1.82. The molecule has 2 fully saturated rings. The summed E-state index contributed by atoms with van der Waals surface area (Å²) < 4.78 is 5.48. The van der Waals surface area contributed by atoms with Gasteiger partial charge in [0.25, 0.3) is 0 Å². The highest BCUT2D eigenvalue weighted by Crippen LogP contribution is 2.24. The molecular formula is C18H35N3O3. The average molecular weight is 341 g/mol. The van der Waals surface area contributed by atoms with Gasteiger partial charge in [0.2, 0.25) is 0 Å². The minimum Gasteiger partial charge on any atom is -0.444 e. The lowest BCUT2D eigenvalue weighted by molar-refractivity contribution is -0.0298. The Balaban J connectivity index is 1.97. The molecule has 2 N–H and O–H groups in total. The first-order valence-electron chi connectivity index (χ1n) is 9.30. The number of likely N-dealkylation sites (N-methyl/N-ethyl adjacent to an activating group) is 1. The maximum absolute atomic E-state index is 12.4. The summed E-state index contributed by atoms with van der Waals surface area (Å²) in [7, 11) is 2.09. The molecule has 1 amide bonds. The number of hydrogen-bond acceptors (Lipinski definition) is 5. The monoisotopic (exact) mass is 341 g/mol. The zero-order valence-electron chi connectivity index (χ0n) is 15.8. The summed E-state index contributed by atoms with van der Waals surface area (Å²) in [5, 5.41) is 14.4. The third kappa shape index (κ3) is 5.90. The topological polar surface area (TPSA) is 65.0 Å². The highest BCUT2D eigenvalue weighted by Gasteiger charge is 2.37. The molecule has 1 atom stereocenters. The number of nitrogens with zero attached hydrogens (tertiary/aromatic N) is 2. The van der Waals surface area contributed by atoms with Crippen molar-refractivity contribution in [3.05, 3.63) is 0 Å². The van der Waals surface area contributed by atoms with Crippen molar-refractivity contribution in [3.8, 4) is 0 Å². The molecule has 0 bridgehead atoms. The normalized spacial score (nSPS) is 27.2. The molecule has 0 spiro atoms. The molecule has 0 aromatic carbocycles. The number of carbonyl (C=O) groups excluding carboxylic acids is 1. The second-order valence-electron chi connectivity index (χ2n) is 8.51. The van der Waals surface area contributed by atoms with E-state index in [2.05, 4.69) is 17.3 Å². The van der Waals surface area contributed by atoms with E-state index in [1.54, 1.807) is 4.90 Å². The first-order valence-corrected chi connectivity index (χ1v) is 9.30. The highest BCUT2D eigenvalue weighted by molar-refractivity contribution is 5.68. The van der Waals surface area contributed by atoms with Crippen molar-refractivity contribution in [2.24, 2.45) is 0 Å². The smallest absolute Gasteiger partial charge is 0.410 e. The van der Waals surface area contributed by atoms with E-state index in [1.807, 2.05) is 20.8 Å². The Hall–Kier alpha value is -0.850. The minimum atomic E-state index is -0.945. The summed E-state index contributed by atoms with van der Waals surface area (Å²) in [5.74, 6) is 0. The summed E-state index contributed by atoms with van der Waals surface area (Å²) >= 11 is 0. The van der Waals surface area contributed by atoms with Crippen molar-refractivity contribution in [1.29, 1.82) is 0 Å². The van der Waals surface area contributed by atoms with Crippen LogP contribution >= 0.6 is 0 Å². The number of nitrogens with one attached hydrogen (secondary N) is 1. The molecule has 1 aliphatic carbocycles. The predicted molar refractivity (Wildman–Crippen MR) is 95.1 cm³/mol. The summed E-state index contributed by atoms with van der Waals surface area (Å²) in [6.07, 6.45) is 5.93. The van der Waals surface area contributed by atoms with Crippen molar-refractivity contribution in [1.82, 2.24) is 15.1 Å². The molecule has 24 heavy (non-hydrogen) atoms. The van der Waals surface area contributed by atoms with Crippen LogP contribution in [0.25, 0.3) is 0 Å². The van der Waals surface area contributed by atoms with Crippen LogP contribution in [0, 0.1) is 0 Å². The molecular weight excluding hydrogens is 306 g/mol. The average Bonchev–Trinajstić information content (AvgIpc) is 2.68. The second kappa shape index (κ2) is 8.02. The molecule has 2 aliphatic rings. The molecule has 1 saturated heterocycles. The molecule has 1 heterocycles. The number of ether oxygens (including phenoxy) is 1. The van der Waals surface area contributed by atoms with E-state index < -0.39 is 11.2 Å². The lowest BCUT2D eigenvalue weighted by atomic mass is 9.93. The fourth-order valence-electron chi connectivity index (χ4n) is 3.73. The molecule has 0 aromatic heterocycles. The molecule has 1 aliphatic heterocycles. The lowest BCUT2D eigenvalue weighted by Gasteiger charge is -2.39. The van der Waals surface area contributed by atoms with Gasteiger partial charge in [0, 0.05) is 32.2 Å².